The van der Waals surface area contributed by atoms with Crippen LogP contribution in [-0.4, -0.2) is 37.7 Å². The number of nitrogens with one attached hydrogen (secondary N) is 1. The molecule has 126 valence electrons. The molecule has 1 N–H and O–H groups in total. The summed E-state index contributed by atoms with van der Waals surface area (Å²) in [6, 6.07) is 7.30. The Kier molecular flexibility index (Phi) is 2.11. The van der Waals surface area contributed by atoms with Crippen LogP contribution in [0.5, 0.6) is 5.75 Å². The average molecular weight is 325 g/mol. The molecule has 5 fully saturated rings. The zero-order valence-corrected chi connectivity index (χ0v) is 13.8. The summed E-state index contributed by atoms with van der Waals surface area (Å²) in [5.41, 5.74) is 3.44. The molecule has 0 amide bonds. The first-order valence-electron chi connectivity index (χ1n) is 9.54. The molecule has 4 nitrogen and oxygen atoms in total. The molecule has 4 aliphatic carbocycles. The van der Waals surface area contributed by atoms with Crippen molar-refractivity contribution < 1.29 is 14.2 Å². The summed E-state index contributed by atoms with van der Waals surface area (Å²) in [7, 11) is 0. The third-order valence-electron chi connectivity index (χ3n) is 8.58. The Morgan fingerprint density at radius 3 is 3.17 bits per heavy atom. The maximum atomic E-state index is 6.76. The summed E-state index contributed by atoms with van der Waals surface area (Å²) >= 11 is 0. The van der Waals surface area contributed by atoms with E-state index in [-0.39, 0.29) is 17.1 Å². The smallest absolute Gasteiger partial charge is 0.147 e. The van der Waals surface area contributed by atoms with Gasteiger partial charge in [0.2, 0.25) is 0 Å². The van der Waals surface area contributed by atoms with Crippen LogP contribution >= 0.6 is 0 Å². The number of hydrogen-bond acceptors (Lipinski definition) is 4. The van der Waals surface area contributed by atoms with Gasteiger partial charge in [0, 0.05) is 28.4 Å². The molecular weight excluding hydrogens is 302 g/mol. The van der Waals surface area contributed by atoms with Gasteiger partial charge in [-0.05, 0) is 50.3 Å². The normalized spacial score (nSPS) is 52.4. The van der Waals surface area contributed by atoms with Crippen LogP contribution in [0.2, 0.25) is 0 Å². The molecule has 2 saturated heterocycles. The molecule has 4 unspecified atom stereocenters. The minimum atomic E-state index is -0.129. The quantitative estimate of drug-likeness (QED) is 0.793. The number of benzene rings is 1. The standard InChI is InChI=1S/C20H23NO3/c1-2-12-8-15-18-4-5-20(13(9-18)10-22-11-23-20)17-19(18,6-7-21-15)16(12)14(3-1)24-17/h1-3,13,15,17,21H,4-11H2/t13?,15-,17?,18?,19?,20-/m1/s1. The highest BCUT2D eigenvalue weighted by Crippen LogP contribution is 2.75. The van der Waals surface area contributed by atoms with Crippen molar-refractivity contribution in [1.29, 1.82) is 0 Å². The third kappa shape index (κ3) is 1.10. The van der Waals surface area contributed by atoms with Crippen molar-refractivity contribution in [3.8, 4) is 5.75 Å². The van der Waals surface area contributed by atoms with E-state index in [1.54, 1.807) is 5.56 Å². The minimum absolute atomic E-state index is 0.129. The maximum absolute atomic E-state index is 6.76. The highest BCUT2D eigenvalue weighted by atomic mass is 16.7. The topological polar surface area (TPSA) is 39.7 Å². The lowest BCUT2D eigenvalue weighted by molar-refractivity contribution is -0.329. The molecule has 1 aromatic rings. The van der Waals surface area contributed by atoms with Gasteiger partial charge in [0.05, 0.1) is 6.61 Å². The summed E-state index contributed by atoms with van der Waals surface area (Å²) < 4.78 is 18.9. The molecule has 1 aromatic carbocycles. The Labute approximate surface area is 141 Å². The molecule has 0 radical (unpaired) electrons. The lowest BCUT2D eigenvalue weighted by Gasteiger charge is -2.73. The van der Waals surface area contributed by atoms with Gasteiger partial charge in [0.15, 0.2) is 0 Å². The predicted molar refractivity (Wildman–Crippen MR) is 87.1 cm³/mol. The Bertz CT molecular complexity index is 765. The lowest BCUT2D eigenvalue weighted by Crippen LogP contribution is -2.81. The number of ether oxygens (including phenoxy) is 3. The van der Waals surface area contributed by atoms with Crippen LogP contribution in [0, 0.1) is 11.3 Å². The van der Waals surface area contributed by atoms with Crippen LogP contribution in [0.3, 0.4) is 0 Å². The van der Waals surface area contributed by atoms with Crippen LogP contribution in [0.25, 0.3) is 0 Å². The van der Waals surface area contributed by atoms with E-state index >= 15 is 0 Å². The number of rotatable bonds is 0. The summed E-state index contributed by atoms with van der Waals surface area (Å²) in [6.07, 6.45) is 6.17. The van der Waals surface area contributed by atoms with Crippen molar-refractivity contribution >= 4 is 0 Å². The van der Waals surface area contributed by atoms with Crippen molar-refractivity contribution in [2.24, 2.45) is 11.3 Å². The maximum Gasteiger partial charge on any atom is 0.147 e. The SMILES string of the molecule is c1cc2c3c(c1)OC1C34CCN[C@H](C2)C42CC[C@]13OCOCC3C2. The Morgan fingerprint density at radius 1 is 1.17 bits per heavy atom. The van der Waals surface area contributed by atoms with Crippen molar-refractivity contribution in [2.45, 2.75) is 55.3 Å². The predicted octanol–water partition coefficient (Wildman–Crippen LogP) is 2.15. The molecule has 24 heavy (non-hydrogen) atoms. The second-order valence-electron chi connectivity index (χ2n) is 8.87. The number of fused-ring (bicyclic) bond motifs is 1. The molecule has 7 aliphatic rings. The Hall–Kier alpha value is -1.10. The van der Waals surface area contributed by atoms with Gasteiger partial charge >= 0.3 is 0 Å². The molecule has 3 saturated carbocycles. The molecule has 3 spiro atoms. The highest BCUT2D eigenvalue weighted by molar-refractivity contribution is 5.58. The zero-order chi connectivity index (χ0) is 15.6. The lowest BCUT2D eigenvalue weighted by atomic mass is 9.35. The first-order chi connectivity index (χ1) is 11.8. The number of hydrogen-bond donors (Lipinski definition) is 1. The second-order valence-corrected chi connectivity index (χ2v) is 8.87. The first kappa shape index (κ1) is 13.2. The van der Waals surface area contributed by atoms with Crippen LogP contribution < -0.4 is 10.1 Å². The van der Waals surface area contributed by atoms with Gasteiger partial charge in [-0.3, -0.25) is 0 Å². The number of piperidine rings is 1. The molecule has 8 rings (SSSR count). The van der Waals surface area contributed by atoms with Gasteiger partial charge in [0.1, 0.15) is 24.2 Å². The van der Waals surface area contributed by atoms with Crippen molar-refractivity contribution in [2.75, 3.05) is 19.9 Å². The Balaban J connectivity index is 1.57. The average Bonchev–Trinajstić information content (AvgIpc) is 2.96. The fourth-order valence-electron chi connectivity index (χ4n) is 7.89. The second kappa shape index (κ2) is 3.84. The summed E-state index contributed by atoms with van der Waals surface area (Å²) in [6.45, 7) is 2.38. The van der Waals surface area contributed by atoms with Crippen molar-refractivity contribution in [1.82, 2.24) is 5.32 Å². The summed E-state index contributed by atoms with van der Waals surface area (Å²) in [4.78, 5) is 0. The molecule has 4 heteroatoms. The summed E-state index contributed by atoms with van der Waals surface area (Å²) in [5, 5.41) is 3.90. The molecule has 3 aliphatic heterocycles. The molecular formula is C20H23NO3. The zero-order valence-electron chi connectivity index (χ0n) is 13.8. The van der Waals surface area contributed by atoms with Crippen LogP contribution in [0.4, 0.5) is 0 Å². The van der Waals surface area contributed by atoms with E-state index in [4.69, 9.17) is 14.2 Å². The van der Waals surface area contributed by atoms with E-state index in [0.717, 1.165) is 31.7 Å². The fourth-order valence-corrected chi connectivity index (χ4v) is 7.89. The van der Waals surface area contributed by atoms with Crippen LogP contribution in [-0.2, 0) is 21.3 Å². The van der Waals surface area contributed by atoms with E-state index in [9.17, 15) is 0 Å². The largest absolute Gasteiger partial charge is 0.486 e. The van der Waals surface area contributed by atoms with Crippen LogP contribution in [0.15, 0.2) is 18.2 Å². The monoisotopic (exact) mass is 325 g/mol. The van der Waals surface area contributed by atoms with Crippen LogP contribution in [0.1, 0.15) is 36.8 Å². The van der Waals surface area contributed by atoms with E-state index in [1.165, 1.54) is 24.8 Å². The van der Waals surface area contributed by atoms with E-state index in [1.807, 2.05) is 0 Å². The Morgan fingerprint density at radius 2 is 2.17 bits per heavy atom. The van der Waals surface area contributed by atoms with E-state index < -0.39 is 0 Å². The first-order valence-corrected chi connectivity index (χ1v) is 9.54. The van der Waals surface area contributed by atoms with E-state index in [2.05, 4.69) is 23.5 Å². The van der Waals surface area contributed by atoms with Gasteiger partial charge in [-0.1, -0.05) is 12.1 Å². The molecule has 0 aromatic heterocycles. The van der Waals surface area contributed by atoms with Gasteiger partial charge in [-0.15, -0.1) is 0 Å². The van der Waals surface area contributed by atoms with Gasteiger partial charge in [-0.2, -0.15) is 0 Å². The van der Waals surface area contributed by atoms with E-state index in [0.29, 0.717) is 24.2 Å². The van der Waals surface area contributed by atoms with Gasteiger partial charge in [0.25, 0.3) is 0 Å². The van der Waals surface area contributed by atoms with Gasteiger partial charge < -0.3 is 19.5 Å². The molecule has 3 heterocycles. The summed E-state index contributed by atoms with van der Waals surface area (Å²) in [5.74, 6) is 1.63. The minimum Gasteiger partial charge on any atom is -0.486 e. The molecule has 4 bridgehead atoms. The molecule has 6 atom stereocenters. The van der Waals surface area contributed by atoms with Gasteiger partial charge in [-0.25, -0.2) is 0 Å². The fraction of sp³-hybridized carbons (Fsp3) is 0.700. The van der Waals surface area contributed by atoms with Crippen molar-refractivity contribution in [3.05, 3.63) is 29.3 Å². The highest BCUT2D eigenvalue weighted by Gasteiger charge is 2.80. The van der Waals surface area contributed by atoms with Crippen molar-refractivity contribution in [3.63, 3.8) is 0 Å². The third-order valence-corrected chi connectivity index (χ3v) is 8.58.